The van der Waals surface area contributed by atoms with E-state index in [2.05, 4.69) is 5.32 Å². The number of anilines is 1. The molecule has 5 nitrogen and oxygen atoms in total. The third-order valence-electron chi connectivity index (χ3n) is 3.34. The second kappa shape index (κ2) is 8.42. The highest BCUT2D eigenvalue weighted by molar-refractivity contribution is 7.98. The van der Waals surface area contributed by atoms with Crippen LogP contribution in [-0.4, -0.2) is 38.5 Å². The van der Waals surface area contributed by atoms with E-state index in [9.17, 15) is 13.2 Å². The van der Waals surface area contributed by atoms with Crippen LogP contribution in [0.2, 0.25) is 10.0 Å². The monoisotopic (exact) mass is 418 g/mol. The summed E-state index contributed by atoms with van der Waals surface area (Å²) in [5.41, 5.74) is 0.328. The summed E-state index contributed by atoms with van der Waals surface area (Å²) in [6, 6.07) is 11.1. The van der Waals surface area contributed by atoms with Crippen LogP contribution in [0.15, 0.2) is 52.3 Å². The van der Waals surface area contributed by atoms with Gasteiger partial charge >= 0.3 is 0 Å². The van der Waals surface area contributed by atoms with Crippen LogP contribution in [0, 0.1) is 0 Å². The molecule has 0 atom stereocenters. The van der Waals surface area contributed by atoms with E-state index in [1.54, 1.807) is 24.3 Å². The maximum atomic E-state index is 12.5. The fraction of sp³-hybridized carbons (Fsp3) is 0.188. The molecule has 0 aromatic heterocycles. The Hall–Kier alpha value is -1.25. The summed E-state index contributed by atoms with van der Waals surface area (Å²) in [7, 11) is -2.42. The van der Waals surface area contributed by atoms with E-state index in [0.29, 0.717) is 15.7 Å². The number of hydrogen-bond donors (Lipinski definition) is 1. The van der Waals surface area contributed by atoms with Gasteiger partial charge in [0.05, 0.1) is 22.2 Å². The summed E-state index contributed by atoms with van der Waals surface area (Å²) < 4.78 is 26.0. The van der Waals surface area contributed by atoms with Crippen molar-refractivity contribution < 1.29 is 13.2 Å². The van der Waals surface area contributed by atoms with E-state index in [0.717, 1.165) is 9.20 Å². The van der Waals surface area contributed by atoms with Crippen molar-refractivity contribution >= 4 is 56.6 Å². The molecule has 25 heavy (non-hydrogen) atoms. The average molecular weight is 419 g/mol. The SMILES string of the molecule is CSc1ccc(S(=O)(=O)N(C)CC(=O)Nc2cc(Cl)ccc2Cl)cc1. The molecule has 0 heterocycles. The minimum absolute atomic E-state index is 0.126. The molecule has 0 bridgehead atoms. The topological polar surface area (TPSA) is 66.5 Å². The number of nitrogens with one attached hydrogen (secondary N) is 1. The molecule has 0 aliphatic carbocycles. The van der Waals surface area contributed by atoms with Crippen molar-refractivity contribution in [2.24, 2.45) is 0 Å². The number of carbonyl (C=O) groups excluding carboxylic acids is 1. The molecule has 0 aliphatic rings. The zero-order valence-electron chi connectivity index (χ0n) is 13.5. The number of nitrogens with zero attached hydrogens (tertiary/aromatic N) is 1. The molecule has 0 spiro atoms. The first-order valence-electron chi connectivity index (χ1n) is 7.09. The summed E-state index contributed by atoms with van der Waals surface area (Å²) in [5.74, 6) is -0.518. The molecule has 0 radical (unpaired) electrons. The first-order valence-corrected chi connectivity index (χ1v) is 10.5. The van der Waals surface area contributed by atoms with E-state index in [4.69, 9.17) is 23.2 Å². The van der Waals surface area contributed by atoms with E-state index in [1.165, 1.54) is 37.0 Å². The molecule has 2 aromatic rings. The predicted molar refractivity (Wildman–Crippen MR) is 103 cm³/mol. The maximum Gasteiger partial charge on any atom is 0.243 e. The lowest BCUT2D eigenvalue weighted by atomic mass is 10.3. The number of hydrogen-bond acceptors (Lipinski definition) is 4. The Bertz CT molecular complexity index is 871. The molecule has 0 aliphatic heterocycles. The summed E-state index contributed by atoms with van der Waals surface area (Å²) >= 11 is 13.4. The quantitative estimate of drug-likeness (QED) is 0.720. The van der Waals surface area contributed by atoms with Gasteiger partial charge in [0, 0.05) is 17.0 Å². The Morgan fingerprint density at radius 2 is 1.80 bits per heavy atom. The van der Waals surface area contributed by atoms with Gasteiger partial charge < -0.3 is 5.32 Å². The minimum Gasteiger partial charge on any atom is -0.324 e. The summed E-state index contributed by atoms with van der Waals surface area (Å²) in [4.78, 5) is 13.2. The van der Waals surface area contributed by atoms with Gasteiger partial charge in [-0.25, -0.2) is 8.42 Å². The number of rotatable bonds is 6. The van der Waals surface area contributed by atoms with Gasteiger partial charge in [-0.2, -0.15) is 4.31 Å². The molecule has 0 fully saturated rings. The first-order chi connectivity index (χ1) is 11.7. The van der Waals surface area contributed by atoms with Crippen molar-refractivity contribution in [2.45, 2.75) is 9.79 Å². The number of likely N-dealkylation sites (N-methyl/N-ethyl adjacent to an activating group) is 1. The van der Waals surface area contributed by atoms with Gasteiger partial charge in [-0.1, -0.05) is 23.2 Å². The lowest BCUT2D eigenvalue weighted by Gasteiger charge is -2.17. The van der Waals surface area contributed by atoms with Crippen LogP contribution in [0.1, 0.15) is 0 Å². The maximum absolute atomic E-state index is 12.5. The molecule has 0 saturated carbocycles. The second-order valence-corrected chi connectivity index (χ2v) is 8.88. The number of benzene rings is 2. The first kappa shape index (κ1) is 20.1. The van der Waals surface area contributed by atoms with Gasteiger partial charge in [0.15, 0.2) is 0 Å². The summed E-state index contributed by atoms with van der Waals surface area (Å²) in [5, 5.41) is 3.29. The van der Waals surface area contributed by atoms with E-state index < -0.39 is 15.9 Å². The van der Waals surface area contributed by atoms with Gasteiger partial charge in [0.25, 0.3) is 0 Å². The fourth-order valence-electron chi connectivity index (χ4n) is 2.00. The van der Waals surface area contributed by atoms with Crippen LogP contribution in [0.5, 0.6) is 0 Å². The summed E-state index contributed by atoms with van der Waals surface area (Å²) in [6.45, 7) is -0.352. The van der Waals surface area contributed by atoms with Crippen molar-refractivity contribution in [3.05, 3.63) is 52.5 Å². The molecular formula is C16H16Cl2N2O3S2. The average Bonchev–Trinajstić information content (AvgIpc) is 2.58. The van der Waals surface area contributed by atoms with Crippen molar-refractivity contribution in [3.8, 4) is 0 Å². The van der Waals surface area contributed by atoms with Gasteiger partial charge in [-0.05, 0) is 48.7 Å². The number of carbonyl (C=O) groups is 1. The lowest BCUT2D eigenvalue weighted by molar-refractivity contribution is -0.116. The normalized spacial score (nSPS) is 11.6. The molecule has 134 valence electrons. The Morgan fingerprint density at radius 3 is 2.40 bits per heavy atom. The van der Waals surface area contributed by atoms with E-state index in [1.807, 2.05) is 6.26 Å². The standard InChI is InChI=1S/C16H16Cl2N2O3S2/c1-20(25(22,23)13-6-4-12(24-2)5-7-13)10-16(21)19-15-9-11(17)3-8-14(15)18/h3-9H,10H2,1-2H3,(H,19,21). The van der Waals surface area contributed by atoms with Crippen LogP contribution in [0.25, 0.3) is 0 Å². The molecule has 2 rings (SSSR count). The molecular weight excluding hydrogens is 403 g/mol. The Morgan fingerprint density at radius 1 is 1.16 bits per heavy atom. The lowest BCUT2D eigenvalue weighted by Crippen LogP contribution is -2.35. The van der Waals surface area contributed by atoms with Crippen LogP contribution in [0.4, 0.5) is 5.69 Å². The number of thioether (sulfide) groups is 1. The predicted octanol–water partition coefficient (Wildman–Crippen LogP) is 3.97. The second-order valence-electron chi connectivity index (χ2n) is 5.11. The zero-order valence-corrected chi connectivity index (χ0v) is 16.6. The molecule has 0 saturated heterocycles. The Kier molecular flexibility index (Phi) is 6.76. The van der Waals surface area contributed by atoms with Crippen molar-refractivity contribution in [2.75, 3.05) is 25.2 Å². The van der Waals surface area contributed by atoms with E-state index in [-0.39, 0.29) is 11.4 Å². The van der Waals surface area contributed by atoms with Crippen LogP contribution in [0.3, 0.4) is 0 Å². The highest BCUT2D eigenvalue weighted by Crippen LogP contribution is 2.25. The zero-order chi connectivity index (χ0) is 18.6. The number of amides is 1. The van der Waals surface area contributed by atoms with Gasteiger partial charge in [0.2, 0.25) is 15.9 Å². The third kappa shape index (κ3) is 5.12. The molecule has 0 unspecified atom stereocenters. The van der Waals surface area contributed by atoms with Crippen LogP contribution >= 0.6 is 35.0 Å². The van der Waals surface area contributed by atoms with Crippen LogP contribution < -0.4 is 5.32 Å². The van der Waals surface area contributed by atoms with E-state index >= 15 is 0 Å². The summed E-state index contributed by atoms with van der Waals surface area (Å²) in [6.07, 6.45) is 1.90. The number of halogens is 2. The molecule has 2 aromatic carbocycles. The Labute approximate surface area is 161 Å². The van der Waals surface area contributed by atoms with Gasteiger partial charge in [0.1, 0.15) is 0 Å². The smallest absolute Gasteiger partial charge is 0.243 e. The minimum atomic E-state index is -3.77. The highest BCUT2D eigenvalue weighted by Gasteiger charge is 2.23. The fourth-order valence-corrected chi connectivity index (χ4v) is 3.87. The largest absolute Gasteiger partial charge is 0.324 e. The molecule has 9 heteroatoms. The molecule has 1 N–H and O–H groups in total. The van der Waals surface area contributed by atoms with Crippen molar-refractivity contribution in [3.63, 3.8) is 0 Å². The Balaban J connectivity index is 2.10. The van der Waals surface area contributed by atoms with Crippen LogP contribution in [-0.2, 0) is 14.8 Å². The third-order valence-corrected chi connectivity index (χ3v) is 6.46. The van der Waals surface area contributed by atoms with Crippen molar-refractivity contribution in [1.82, 2.24) is 4.31 Å². The highest BCUT2D eigenvalue weighted by atomic mass is 35.5. The van der Waals surface area contributed by atoms with Gasteiger partial charge in [-0.3, -0.25) is 4.79 Å². The van der Waals surface area contributed by atoms with Crippen molar-refractivity contribution in [1.29, 1.82) is 0 Å². The van der Waals surface area contributed by atoms with Gasteiger partial charge in [-0.15, -0.1) is 11.8 Å². The molecule has 1 amide bonds. The number of sulfonamides is 1.